The Kier molecular flexibility index (Phi) is 4.37. The fraction of sp³-hybridized carbons (Fsp3) is 0.0588. The fourth-order valence-electron chi connectivity index (χ4n) is 1.81. The van der Waals surface area contributed by atoms with Crippen LogP contribution in [0.5, 0.6) is 11.5 Å². The van der Waals surface area contributed by atoms with Gasteiger partial charge >= 0.3 is 0 Å². The number of benzene rings is 2. The molecule has 2 aromatic carbocycles. The number of hydrogen-bond acceptors (Lipinski definition) is 4. The van der Waals surface area contributed by atoms with E-state index in [4.69, 9.17) is 10.00 Å². The number of ketones is 1. The molecule has 0 saturated heterocycles. The lowest BCUT2D eigenvalue weighted by Gasteiger charge is -2.04. The van der Waals surface area contributed by atoms with Crippen LogP contribution in [0.25, 0.3) is 6.08 Å². The van der Waals surface area contributed by atoms with Crippen molar-refractivity contribution in [2.75, 3.05) is 7.11 Å². The highest BCUT2D eigenvalue weighted by atomic mass is 16.5. The van der Waals surface area contributed by atoms with Crippen molar-refractivity contribution < 1.29 is 14.6 Å². The molecular weight excluding hydrogens is 266 g/mol. The molecule has 4 heteroatoms. The van der Waals surface area contributed by atoms with Crippen molar-refractivity contribution in [3.8, 4) is 17.6 Å². The second-order valence-corrected chi connectivity index (χ2v) is 4.32. The molecule has 0 atom stereocenters. The highest BCUT2D eigenvalue weighted by Crippen LogP contribution is 2.26. The topological polar surface area (TPSA) is 70.3 Å². The van der Waals surface area contributed by atoms with Gasteiger partial charge in [-0.15, -0.1) is 0 Å². The van der Waals surface area contributed by atoms with Gasteiger partial charge in [0, 0.05) is 5.56 Å². The number of carbonyl (C=O) groups excluding carboxylic acids is 1. The van der Waals surface area contributed by atoms with Crippen LogP contribution in [0.4, 0.5) is 0 Å². The van der Waals surface area contributed by atoms with Crippen LogP contribution in [0.3, 0.4) is 0 Å². The summed E-state index contributed by atoms with van der Waals surface area (Å²) >= 11 is 0. The Hall–Kier alpha value is -3.06. The molecule has 0 bridgehead atoms. The first-order valence-corrected chi connectivity index (χ1v) is 6.23. The van der Waals surface area contributed by atoms with E-state index in [-0.39, 0.29) is 17.3 Å². The van der Waals surface area contributed by atoms with Gasteiger partial charge in [0.2, 0.25) is 0 Å². The van der Waals surface area contributed by atoms with Crippen LogP contribution in [0, 0.1) is 11.3 Å². The number of carbonyl (C=O) groups is 1. The monoisotopic (exact) mass is 279 g/mol. The standard InChI is InChI=1S/C17H13NO3/c1-21-17-10-14(6-8-16(17)20)15(19)7-5-12-3-2-4-13(9-12)11-18/h2-10,20H,1H3/b7-5+. The minimum atomic E-state index is -0.212. The summed E-state index contributed by atoms with van der Waals surface area (Å²) in [5, 5.41) is 18.3. The fourth-order valence-corrected chi connectivity index (χ4v) is 1.81. The third kappa shape index (κ3) is 3.48. The van der Waals surface area contributed by atoms with Crippen molar-refractivity contribution in [3.05, 3.63) is 65.2 Å². The smallest absolute Gasteiger partial charge is 0.185 e. The van der Waals surface area contributed by atoms with Gasteiger partial charge in [-0.05, 0) is 42.0 Å². The lowest BCUT2D eigenvalue weighted by molar-refractivity contribution is 0.104. The quantitative estimate of drug-likeness (QED) is 0.689. The number of aromatic hydroxyl groups is 1. The van der Waals surface area contributed by atoms with Gasteiger partial charge in [0.15, 0.2) is 17.3 Å². The maximum Gasteiger partial charge on any atom is 0.185 e. The lowest BCUT2D eigenvalue weighted by atomic mass is 10.1. The number of phenols is 1. The number of hydrogen-bond donors (Lipinski definition) is 1. The van der Waals surface area contributed by atoms with E-state index >= 15 is 0 Å². The molecule has 0 unspecified atom stereocenters. The van der Waals surface area contributed by atoms with E-state index in [2.05, 4.69) is 0 Å². The third-order valence-electron chi connectivity index (χ3n) is 2.91. The minimum Gasteiger partial charge on any atom is -0.504 e. The van der Waals surface area contributed by atoms with Crippen LogP contribution < -0.4 is 4.74 Å². The first-order chi connectivity index (χ1) is 10.1. The molecule has 0 aliphatic rings. The van der Waals surface area contributed by atoms with Crippen molar-refractivity contribution in [1.29, 1.82) is 5.26 Å². The van der Waals surface area contributed by atoms with Gasteiger partial charge in [-0.3, -0.25) is 4.79 Å². The van der Waals surface area contributed by atoms with Crippen molar-refractivity contribution in [2.45, 2.75) is 0 Å². The van der Waals surface area contributed by atoms with Crippen LogP contribution >= 0.6 is 0 Å². The zero-order chi connectivity index (χ0) is 15.2. The summed E-state index contributed by atoms with van der Waals surface area (Å²) in [5.41, 5.74) is 1.72. The molecule has 0 spiro atoms. The SMILES string of the molecule is COc1cc(C(=O)/C=C/c2cccc(C#N)c2)ccc1O. The Balaban J connectivity index is 2.21. The van der Waals surface area contributed by atoms with Gasteiger partial charge in [0.25, 0.3) is 0 Å². The molecule has 104 valence electrons. The van der Waals surface area contributed by atoms with Crippen LogP contribution in [0.15, 0.2) is 48.5 Å². The van der Waals surface area contributed by atoms with Gasteiger partial charge < -0.3 is 9.84 Å². The average Bonchev–Trinajstić information content (AvgIpc) is 2.53. The van der Waals surface area contributed by atoms with E-state index in [0.717, 1.165) is 5.56 Å². The minimum absolute atomic E-state index is 0.0141. The predicted molar refractivity (Wildman–Crippen MR) is 79.2 cm³/mol. The number of methoxy groups -OCH3 is 1. The maximum atomic E-state index is 12.1. The molecular formula is C17H13NO3. The zero-order valence-corrected chi connectivity index (χ0v) is 11.4. The van der Waals surface area contributed by atoms with Crippen molar-refractivity contribution in [2.24, 2.45) is 0 Å². The number of rotatable bonds is 4. The Morgan fingerprint density at radius 3 is 2.81 bits per heavy atom. The molecule has 21 heavy (non-hydrogen) atoms. The lowest BCUT2D eigenvalue weighted by Crippen LogP contribution is -1.95. The molecule has 0 fully saturated rings. The van der Waals surface area contributed by atoms with E-state index in [1.807, 2.05) is 12.1 Å². The molecule has 1 N–H and O–H groups in total. The van der Waals surface area contributed by atoms with Crippen LogP contribution in [-0.2, 0) is 0 Å². The Labute approximate surface area is 122 Å². The molecule has 0 radical (unpaired) electrons. The Bertz CT molecular complexity index is 742. The average molecular weight is 279 g/mol. The molecule has 4 nitrogen and oxygen atoms in total. The first kappa shape index (κ1) is 14.4. The maximum absolute atomic E-state index is 12.1. The van der Waals surface area contributed by atoms with E-state index in [1.165, 1.54) is 31.4 Å². The van der Waals surface area contributed by atoms with E-state index < -0.39 is 0 Å². The summed E-state index contributed by atoms with van der Waals surface area (Å²) in [6.45, 7) is 0. The molecule has 2 aromatic rings. The summed E-state index contributed by atoms with van der Waals surface area (Å²) in [4.78, 5) is 12.1. The second-order valence-electron chi connectivity index (χ2n) is 4.32. The number of nitrogens with zero attached hydrogens (tertiary/aromatic N) is 1. The molecule has 0 aromatic heterocycles. The van der Waals surface area contributed by atoms with Gasteiger partial charge in [0.05, 0.1) is 18.7 Å². The van der Waals surface area contributed by atoms with Crippen molar-refractivity contribution >= 4 is 11.9 Å². The first-order valence-electron chi connectivity index (χ1n) is 6.23. The van der Waals surface area contributed by atoms with E-state index in [9.17, 15) is 9.90 Å². The second kappa shape index (κ2) is 6.40. The van der Waals surface area contributed by atoms with Crippen molar-refractivity contribution in [1.82, 2.24) is 0 Å². The number of nitriles is 1. The Morgan fingerprint density at radius 1 is 1.29 bits per heavy atom. The molecule has 0 amide bonds. The normalized spacial score (nSPS) is 10.3. The third-order valence-corrected chi connectivity index (χ3v) is 2.91. The van der Waals surface area contributed by atoms with E-state index in [1.54, 1.807) is 24.3 Å². The predicted octanol–water partition coefficient (Wildman–Crippen LogP) is 3.17. The van der Waals surface area contributed by atoms with Crippen LogP contribution in [0.2, 0.25) is 0 Å². The number of phenolic OH excluding ortho intramolecular Hbond substituents is 1. The molecule has 0 aliphatic carbocycles. The summed E-state index contributed by atoms with van der Waals surface area (Å²) in [5.74, 6) is 0.0242. The van der Waals surface area contributed by atoms with Gasteiger partial charge in [0.1, 0.15) is 0 Å². The summed E-state index contributed by atoms with van der Waals surface area (Å²) in [6, 6.07) is 13.4. The number of allylic oxidation sites excluding steroid dienone is 1. The van der Waals surface area contributed by atoms with Gasteiger partial charge in [-0.25, -0.2) is 0 Å². The van der Waals surface area contributed by atoms with Gasteiger partial charge in [-0.1, -0.05) is 18.2 Å². The summed E-state index contributed by atoms with van der Waals surface area (Å²) in [7, 11) is 1.42. The molecule has 0 heterocycles. The molecule has 2 rings (SSSR count). The van der Waals surface area contributed by atoms with Crippen LogP contribution in [0.1, 0.15) is 21.5 Å². The zero-order valence-electron chi connectivity index (χ0n) is 11.4. The Morgan fingerprint density at radius 2 is 2.10 bits per heavy atom. The molecule has 0 aliphatic heterocycles. The van der Waals surface area contributed by atoms with Crippen LogP contribution in [-0.4, -0.2) is 18.0 Å². The largest absolute Gasteiger partial charge is 0.504 e. The summed E-state index contributed by atoms with van der Waals surface area (Å²) in [6.07, 6.45) is 3.06. The highest BCUT2D eigenvalue weighted by molar-refractivity contribution is 6.07. The number of ether oxygens (including phenoxy) is 1. The summed E-state index contributed by atoms with van der Waals surface area (Å²) < 4.78 is 4.97. The highest BCUT2D eigenvalue weighted by Gasteiger charge is 2.07. The van der Waals surface area contributed by atoms with Gasteiger partial charge in [-0.2, -0.15) is 5.26 Å². The van der Waals surface area contributed by atoms with E-state index in [0.29, 0.717) is 11.1 Å². The van der Waals surface area contributed by atoms with Crippen molar-refractivity contribution in [3.63, 3.8) is 0 Å². The molecule has 0 saturated carbocycles.